The van der Waals surface area contributed by atoms with E-state index in [2.05, 4.69) is 9.97 Å². The molecule has 1 aromatic rings. The molecule has 126 valence electrons. The Kier molecular flexibility index (Phi) is 5.12. The fraction of sp³-hybridized carbons (Fsp3) is 0.667. The molecule has 23 heavy (non-hydrogen) atoms. The summed E-state index contributed by atoms with van der Waals surface area (Å²) in [5, 5.41) is 0. The smallest absolute Gasteiger partial charge is 0.320 e. The van der Waals surface area contributed by atoms with Crippen molar-refractivity contribution in [3.63, 3.8) is 0 Å². The standard InChI is InChI=1S/C15H22N4O4/c1-21-13-14(17-5-4-16-13)23-12-3-2-6-19(11-12)15(20)18-7-9-22-10-8-18/h4-5,12H,2-3,6-11H2,1H3. The first kappa shape index (κ1) is 15.8. The van der Waals surface area contributed by atoms with E-state index in [0.29, 0.717) is 44.6 Å². The summed E-state index contributed by atoms with van der Waals surface area (Å²) in [5.41, 5.74) is 0. The Morgan fingerprint density at radius 3 is 2.65 bits per heavy atom. The van der Waals surface area contributed by atoms with E-state index in [1.165, 1.54) is 7.11 Å². The molecule has 1 aromatic heterocycles. The van der Waals surface area contributed by atoms with Gasteiger partial charge in [-0.2, -0.15) is 0 Å². The Bertz CT molecular complexity index is 536. The molecular weight excluding hydrogens is 300 g/mol. The summed E-state index contributed by atoms with van der Waals surface area (Å²) in [7, 11) is 1.53. The van der Waals surface area contributed by atoms with Crippen molar-refractivity contribution >= 4 is 6.03 Å². The third kappa shape index (κ3) is 3.82. The molecule has 0 N–H and O–H groups in total. The van der Waals surface area contributed by atoms with Crippen molar-refractivity contribution in [2.45, 2.75) is 18.9 Å². The van der Waals surface area contributed by atoms with E-state index in [9.17, 15) is 4.79 Å². The van der Waals surface area contributed by atoms with E-state index in [1.54, 1.807) is 12.4 Å². The number of hydrogen-bond donors (Lipinski definition) is 0. The molecule has 3 heterocycles. The Balaban J connectivity index is 1.60. The molecule has 1 unspecified atom stereocenters. The van der Waals surface area contributed by atoms with Gasteiger partial charge in [-0.3, -0.25) is 0 Å². The second-order valence-corrected chi connectivity index (χ2v) is 5.58. The van der Waals surface area contributed by atoms with Gasteiger partial charge >= 0.3 is 6.03 Å². The van der Waals surface area contributed by atoms with Crippen molar-refractivity contribution in [2.75, 3.05) is 46.5 Å². The maximum Gasteiger partial charge on any atom is 0.320 e. The summed E-state index contributed by atoms with van der Waals surface area (Å²) in [4.78, 5) is 24.5. The van der Waals surface area contributed by atoms with Crippen molar-refractivity contribution in [1.82, 2.24) is 19.8 Å². The minimum absolute atomic E-state index is 0.0627. The normalized spacial score (nSPS) is 21.9. The van der Waals surface area contributed by atoms with Crippen molar-refractivity contribution in [2.24, 2.45) is 0 Å². The maximum absolute atomic E-state index is 12.6. The van der Waals surface area contributed by atoms with Gasteiger partial charge in [-0.05, 0) is 12.8 Å². The first-order valence-electron chi connectivity index (χ1n) is 7.91. The van der Waals surface area contributed by atoms with Crippen molar-refractivity contribution in [3.8, 4) is 11.8 Å². The number of urea groups is 1. The SMILES string of the molecule is COc1nccnc1OC1CCCN(C(=O)N2CCOCC2)C1. The lowest BCUT2D eigenvalue weighted by atomic mass is 10.1. The number of methoxy groups -OCH3 is 1. The predicted molar refractivity (Wildman–Crippen MR) is 81.6 cm³/mol. The molecule has 0 saturated carbocycles. The predicted octanol–water partition coefficient (Wildman–Crippen LogP) is 0.781. The zero-order chi connectivity index (χ0) is 16.1. The number of hydrogen-bond acceptors (Lipinski definition) is 6. The number of piperidine rings is 1. The minimum atomic E-state index is -0.0978. The van der Waals surface area contributed by atoms with Crippen LogP contribution in [0.2, 0.25) is 0 Å². The second kappa shape index (κ2) is 7.45. The first-order chi connectivity index (χ1) is 11.3. The van der Waals surface area contributed by atoms with Gasteiger partial charge in [-0.25, -0.2) is 14.8 Å². The third-order valence-electron chi connectivity index (χ3n) is 4.04. The van der Waals surface area contributed by atoms with Gasteiger partial charge in [-0.15, -0.1) is 0 Å². The summed E-state index contributed by atoms with van der Waals surface area (Å²) >= 11 is 0. The molecule has 2 fully saturated rings. The monoisotopic (exact) mass is 322 g/mol. The van der Waals surface area contributed by atoms with Crippen molar-refractivity contribution in [3.05, 3.63) is 12.4 Å². The summed E-state index contributed by atoms with van der Waals surface area (Å²) in [6, 6.07) is 0.0627. The molecule has 2 amide bonds. The van der Waals surface area contributed by atoms with E-state index in [0.717, 1.165) is 19.4 Å². The van der Waals surface area contributed by atoms with Gasteiger partial charge in [0.05, 0.1) is 26.9 Å². The highest BCUT2D eigenvalue weighted by atomic mass is 16.5. The molecule has 8 nitrogen and oxygen atoms in total. The van der Waals surface area contributed by atoms with Crippen LogP contribution >= 0.6 is 0 Å². The van der Waals surface area contributed by atoms with Crippen LogP contribution in [0.3, 0.4) is 0 Å². The minimum Gasteiger partial charge on any atom is -0.477 e. The molecule has 2 aliphatic heterocycles. The average molecular weight is 322 g/mol. The van der Waals surface area contributed by atoms with Gasteiger partial charge < -0.3 is 24.0 Å². The van der Waals surface area contributed by atoms with E-state index in [1.807, 2.05) is 9.80 Å². The molecule has 2 aliphatic rings. The quantitative estimate of drug-likeness (QED) is 0.818. The van der Waals surface area contributed by atoms with Crippen LogP contribution in [-0.2, 0) is 4.74 Å². The lowest BCUT2D eigenvalue weighted by Crippen LogP contribution is -2.52. The molecular formula is C15H22N4O4. The highest BCUT2D eigenvalue weighted by Gasteiger charge is 2.29. The van der Waals surface area contributed by atoms with Crippen molar-refractivity contribution in [1.29, 1.82) is 0 Å². The molecule has 3 rings (SSSR count). The van der Waals surface area contributed by atoms with Gasteiger partial charge in [-0.1, -0.05) is 0 Å². The molecule has 0 radical (unpaired) electrons. The summed E-state index contributed by atoms with van der Waals surface area (Å²) in [6.07, 6.45) is 4.81. The summed E-state index contributed by atoms with van der Waals surface area (Å²) in [6.45, 7) is 3.83. The number of likely N-dealkylation sites (tertiary alicyclic amines) is 1. The Labute approximate surface area is 135 Å². The largest absolute Gasteiger partial charge is 0.477 e. The zero-order valence-electron chi connectivity index (χ0n) is 13.3. The molecule has 0 aliphatic carbocycles. The highest BCUT2D eigenvalue weighted by molar-refractivity contribution is 5.74. The van der Waals surface area contributed by atoms with E-state index >= 15 is 0 Å². The molecule has 1 atom stereocenters. The van der Waals surface area contributed by atoms with Crippen LogP contribution in [0.15, 0.2) is 12.4 Å². The lowest BCUT2D eigenvalue weighted by molar-refractivity contribution is 0.0322. The summed E-state index contributed by atoms with van der Waals surface area (Å²) < 4.78 is 16.4. The number of morpholine rings is 1. The number of carbonyl (C=O) groups excluding carboxylic acids is 1. The van der Waals surface area contributed by atoms with Gasteiger partial charge in [0.15, 0.2) is 0 Å². The Morgan fingerprint density at radius 1 is 1.17 bits per heavy atom. The van der Waals surface area contributed by atoms with Crippen LogP contribution in [-0.4, -0.2) is 78.4 Å². The number of aromatic nitrogens is 2. The average Bonchev–Trinajstić information content (AvgIpc) is 2.62. The zero-order valence-corrected chi connectivity index (χ0v) is 13.3. The van der Waals surface area contributed by atoms with Crippen molar-refractivity contribution < 1.29 is 19.0 Å². The van der Waals surface area contributed by atoms with Gasteiger partial charge in [0, 0.05) is 32.0 Å². The van der Waals surface area contributed by atoms with E-state index in [4.69, 9.17) is 14.2 Å². The van der Waals surface area contributed by atoms with Crippen LogP contribution in [0.1, 0.15) is 12.8 Å². The van der Waals surface area contributed by atoms with Crippen LogP contribution in [0.5, 0.6) is 11.8 Å². The first-order valence-corrected chi connectivity index (χ1v) is 7.91. The summed E-state index contributed by atoms with van der Waals surface area (Å²) in [5.74, 6) is 0.741. The Morgan fingerprint density at radius 2 is 1.91 bits per heavy atom. The van der Waals surface area contributed by atoms with E-state index < -0.39 is 0 Å². The maximum atomic E-state index is 12.6. The van der Waals surface area contributed by atoms with Crippen LogP contribution in [0.4, 0.5) is 4.79 Å². The number of rotatable bonds is 3. The van der Waals surface area contributed by atoms with E-state index in [-0.39, 0.29) is 12.1 Å². The van der Waals surface area contributed by atoms with Crippen LogP contribution < -0.4 is 9.47 Å². The number of carbonyl (C=O) groups is 1. The van der Waals surface area contributed by atoms with Gasteiger partial charge in [0.25, 0.3) is 11.8 Å². The molecule has 8 heteroatoms. The number of amides is 2. The number of ether oxygens (including phenoxy) is 3. The van der Waals surface area contributed by atoms with Crippen LogP contribution in [0.25, 0.3) is 0 Å². The third-order valence-corrected chi connectivity index (χ3v) is 4.04. The topological polar surface area (TPSA) is 77.0 Å². The van der Waals surface area contributed by atoms with Gasteiger partial charge in [0.2, 0.25) is 0 Å². The second-order valence-electron chi connectivity index (χ2n) is 5.58. The highest BCUT2D eigenvalue weighted by Crippen LogP contribution is 2.24. The lowest BCUT2D eigenvalue weighted by Gasteiger charge is -2.37. The van der Waals surface area contributed by atoms with Crippen LogP contribution in [0, 0.1) is 0 Å². The molecule has 2 saturated heterocycles. The molecule has 0 aromatic carbocycles. The molecule has 0 bridgehead atoms. The number of nitrogens with zero attached hydrogens (tertiary/aromatic N) is 4. The molecule has 0 spiro atoms. The fourth-order valence-corrected chi connectivity index (χ4v) is 2.85. The fourth-order valence-electron chi connectivity index (χ4n) is 2.85. The van der Waals surface area contributed by atoms with Gasteiger partial charge in [0.1, 0.15) is 6.10 Å². The Hall–Kier alpha value is -2.09.